The molecule has 0 saturated heterocycles. The summed E-state index contributed by atoms with van der Waals surface area (Å²) >= 11 is 3.19. The normalized spacial score (nSPS) is 10.3. The van der Waals surface area contributed by atoms with Gasteiger partial charge < -0.3 is 9.73 Å². The number of nitrogens with zero attached hydrogens (tertiary/aromatic N) is 1. The maximum Gasteiger partial charge on any atom is 0.280 e. The highest BCUT2D eigenvalue weighted by molar-refractivity contribution is 9.10. The second-order valence-electron chi connectivity index (χ2n) is 3.18. The third-order valence-electron chi connectivity index (χ3n) is 2.06. The molecule has 84 valence electrons. The molecule has 5 nitrogen and oxygen atoms in total. The van der Waals surface area contributed by atoms with Crippen LogP contribution in [0.2, 0.25) is 0 Å². The molecular formula is C10H10BrN3O2. The lowest BCUT2D eigenvalue weighted by Crippen LogP contribution is -2.13. The Bertz CT molecular complexity index is 507. The molecule has 0 spiro atoms. The second kappa shape index (κ2) is 4.98. The first-order valence-electron chi connectivity index (χ1n) is 4.77. The lowest BCUT2D eigenvalue weighted by molar-refractivity contribution is 0.513. The summed E-state index contributed by atoms with van der Waals surface area (Å²) in [4.78, 5) is 11.2. The molecule has 2 aromatic rings. The lowest BCUT2D eigenvalue weighted by Gasteiger charge is -2.05. The number of hydrogen-bond donors (Lipinski definition) is 2. The maximum atomic E-state index is 11.2. The van der Waals surface area contributed by atoms with E-state index in [9.17, 15) is 4.79 Å². The Kier molecular flexibility index (Phi) is 3.40. The molecule has 0 aliphatic heterocycles. The molecule has 0 aliphatic carbocycles. The van der Waals surface area contributed by atoms with E-state index in [1.807, 2.05) is 12.1 Å². The molecule has 2 rings (SSSR count). The third kappa shape index (κ3) is 2.52. The quantitative estimate of drug-likeness (QED) is 0.897. The summed E-state index contributed by atoms with van der Waals surface area (Å²) in [5, 5.41) is 9.14. The van der Waals surface area contributed by atoms with Gasteiger partial charge >= 0.3 is 0 Å². The molecule has 6 heteroatoms. The van der Waals surface area contributed by atoms with Crippen molar-refractivity contribution >= 4 is 21.6 Å². The van der Waals surface area contributed by atoms with Gasteiger partial charge in [0.05, 0.1) is 18.1 Å². The molecule has 0 unspecified atom stereocenters. The van der Waals surface area contributed by atoms with E-state index in [0.717, 1.165) is 12.2 Å². The number of H-pyrrole nitrogens is 1. The van der Waals surface area contributed by atoms with E-state index in [1.54, 1.807) is 12.5 Å². The van der Waals surface area contributed by atoms with Gasteiger partial charge in [-0.2, -0.15) is 5.10 Å². The van der Waals surface area contributed by atoms with Gasteiger partial charge in [-0.1, -0.05) is 0 Å². The standard InChI is InChI=1S/C10H10BrN3O2/c11-9-8(6-13-14-10(9)15)12-4-3-7-2-1-5-16-7/h1-2,5-6H,3-4H2,(H2,12,14,15). The van der Waals surface area contributed by atoms with Gasteiger partial charge in [0.1, 0.15) is 10.2 Å². The smallest absolute Gasteiger partial charge is 0.280 e. The third-order valence-corrected chi connectivity index (χ3v) is 2.85. The van der Waals surface area contributed by atoms with E-state index in [0.29, 0.717) is 16.7 Å². The molecule has 0 aromatic carbocycles. The molecule has 2 N–H and O–H groups in total. The lowest BCUT2D eigenvalue weighted by atomic mass is 10.3. The molecule has 0 amide bonds. The number of aromatic amines is 1. The highest BCUT2D eigenvalue weighted by Crippen LogP contribution is 2.15. The van der Waals surface area contributed by atoms with Crippen LogP contribution in [0.1, 0.15) is 5.76 Å². The Morgan fingerprint density at radius 3 is 3.19 bits per heavy atom. The molecule has 0 bridgehead atoms. The monoisotopic (exact) mass is 283 g/mol. The zero-order valence-electron chi connectivity index (χ0n) is 8.37. The Morgan fingerprint density at radius 1 is 1.56 bits per heavy atom. The van der Waals surface area contributed by atoms with E-state index in [1.165, 1.54) is 0 Å². The average molecular weight is 284 g/mol. The van der Waals surface area contributed by atoms with Crippen molar-refractivity contribution in [3.05, 3.63) is 45.2 Å². The molecule has 0 atom stereocenters. The summed E-state index contributed by atoms with van der Waals surface area (Å²) in [7, 11) is 0. The minimum absolute atomic E-state index is 0.247. The maximum absolute atomic E-state index is 11.2. The van der Waals surface area contributed by atoms with Crippen molar-refractivity contribution in [1.29, 1.82) is 0 Å². The number of nitrogens with one attached hydrogen (secondary N) is 2. The van der Waals surface area contributed by atoms with Gasteiger partial charge in [-0.25, -0.2) is 5.10 Å². The predicted octanol–water partition coefficient (Wildman–Crippen LogP) is 1.78. The van der Waals surface area contributed by atoms with E-state index in [-0.39, 0.29) is 5.56 Å². The van der Waals surface area contributed by atoms with Crippen LogP contribution in [-0.2, 0) is 6.42 Å². The van der Waals surface area contributed by atoms with Crippen LogP contribution in [0.5, 0.6) is 0 Å². The first kappa shape index (κ1) is 10.9. The summed E-state index contributed by atoms with van der Waals surface area (Å²) in [5.74, 6) is 0.904. The number of aromatic nitrogens is 2. The summed E-state index contributed by atoms with van der Waals surface area (Å²) in [6, 6.07) is 3.76. The van der Waals surface area contributed by atoms with Gasteiger partial charge in [-0.05, 0) is 28.1 Å². The van der Waals surface area contributed by atoms with E-state index < -0.39 is 0 Å². The second-order valence-corrected chi connectivity index (χ2v) is 3.98. The molecular weight excluding hydrogens is 274 g/mol. The Hall–Kier alpha value is -1.56. The van der Waals surface area contributed by atoms with Crippen LogP contribution in [0.15, 0.2) is 38.3 Å². The van der Waals surface area contributed by atoms with Gasteiger partial charge in [0, 0.05) is 13.0 Å². The molecule has 0 fully saturated rings. The zero-order valence-corrected chi connectivity index (χ0v) is 9.95. The molecule has 0 saturated carbocycles. The number of hydrogen-bond acceptors (Lipinski definition) is 4. The van der Waals surface area contributed by atoms with Crippen LogP contribution >= 0.6 is 15.9 Å². The van der Waals surface area contributed by atoms with E-state index >= 15 is 0 Å². The van der Waals surface area contributed by atoms with Crippen molar-refractivity contribution in [3.63, 3.8) is 0 Å². The molecule has 2 aromatic heterocycles. The van der Waals surface area contributed by atoms with Crippen LogP contribution in [0.25, 0.3) is 0 Å². The van der Waals surface area contributed by atoms with Crippen molar-refractivity contribution in [3.8, 4) is 0 Å². The minimum atomic E-state index is -0.247. The number of halogens is 1. The minimum Gasteiger partial charge on any atom is -0.469 e. The average Bonchev–Trinajstić information content (AvgIpc) is 2.77. The van der Waals surface area contributed by atoms with Gasteiger partial charge in [0.15, 0.2) is 0 Å². The predicted molar refractivity (Wildman–Crippen MR) is 63.5 cm³/mol. The van der Waals surface area contributed by atoms with Crippen molar-refractivity contribution in [2.45, 2.75) is 6.42 Å². The van der Waals surface area contributed by atoms with Crippen molar-refractivity contribution in [1.82, 2.24) is 10.2 Å². The summed E-state index contributed by atoms with van der Waals surface area (Å²) < 4.78 is 5.65. The largest absolute Gasteiger partial charge is 0.469 e. The zero-order chi connectivity index (χ0) is 11.4. The molecule has 0 radical (unpaired) electrons. The van der Waals surface area contributed by atoms with Crippen LogP contribution in [0.3, 0.4) is 0 Å². The molecule has 16 heavy (non-hydrogen) atoms. The summed E-state index contributed by atoms with van der Waals surface area (Å²) in [5.41, 5.74) is 0.429. The number of anilines is 1. The fraction of sp³-hybridized carbons (Fsp3) is 0.200. The fourth-order valence-corrected chi connectivity index (χ4v) is 1.61. The van der Waals surface area contributed by atoms with Crippen LogP contribution in [-0.4, -0.2) is 16.7 Å². The van der Waals surface area contributed by atoms with E-state index in [4.69, 9.17) is 4.42 Å². The van der Waals surface area contributed by atoms with Gasteiger partial charge in [-0.3, -0.25) is 4.79 Å². The van der Waals surface area contributed by atoms with E-state index in [2.05, 4.69) is 31.4 Å². The van der Waals surface area contributed by atoms with Gasteiger partial charge in [0.2, 0.25) is 0 Å². The first-order valence-corrected chi connectivity index (χ1v) is 5.56. The molecule has 2 heterocycles. The van der Waals surface area contributed by atoms with Crippen molar-refractivity contribution < 1.29 is 4.42 Å². The first-order chi connectivity index (χ1) is 7.77. The van der Waals surface area contributed by atoms with Crippen LogP contribution in [0, 0.1) is 0 Å². The highest BCUT2D eigenvalue weighted by atomic mass is 79.9. The van der Waals surface area contributed by atoms with Gasteiger partial charge in [-0.15, -0.1) is 0 Å². The topological polar surface area (TPSA) is 70.9 Å². The van der Waals surface area contributed by atoms with Crippen molar-refractivity contribution in [2.24, 2.45) is 0 Å². The number of rotatable bonds is 4. The Balaban J connectivity index is 1.95. The summed E-state index contributed by atoms with van der Waals surface area (Å²) in [6.45, 7) is 0.678. The van der Waals surface area contributed by atoms with Gasteiger partial charge in [0.25, 0.3) is 5.56 Å². The number of furan rings is 1. The fourth-order valence-electron chi connectivity index (χ4n) is 1.28. The SMILES string of the molecule is O=c1[nH]ncc(NCCc2ccco2)c1Br. The molecule has 0 aliphatic rings. The van der Waals surface area contributed by atoms with Crippen LogP contribution < -0.4 is 10.9 Å². The highest BCUT2D eigenvalue weighted by Gasteiger charge is 2.03. The van der Waals surface area contributed by atoms with Crippen LogP contribution in [0.4, 0.5) is 5.69 Å². The Labute approximate surface area is 100.0 Å². The Morgan fingerprint density at radius 2 is 2.44 bits per heavy atom. The van der Waals surface area contributed by atoms with Crippen molar-refractivity contribution in [2.75, 3.05) is 11.9 Å². The summed E-state index contributed by atoms with van der Waals surface area (Å²) in [6.07, 6.45) is 3.96.